The quantitative estimate of drug-likeness (QED) is 0.299. The molecule has 0 fully saturated rings. The van der Waals surface area contributed by atoms with Gasteiger partial charge in [0.05, 0.1) is 29.3 Å². The van der Waals surface area contributed by atoms with Crippen molar-refractivity contribution >= 4 is 22.7 Å². The summed E-state index contributed by atoms with van der Waals surface area (Å²) in [5, 5.41) is 9.59. The first-order valence-electron chi connectivity index (χ1n) is 10.6. The topological polar surface area (TPSA) is 65.6 Å². The predicted octanol–water partition coefficient (Wildman–Crippen LogP) is 5.34. The highest BCUT2D eigenvalue weighted by Crippen LogP contribution is 2.31. The van der Waals surface area contributed by atoms with Crippen LogP contribution in [0.15, 0.2) is 95.1 Å². The molecule has 0 saturated carbocycles. The molecule has 0 saturated heterocycles. The average molecular weight is 494 g/mol. The molecule has 0 aliphatic rings. The van der Waals surface area contributed by atoms with Crippen LogP contribution in [0.1, 0.15) is 17.0 Å². The maximum absolute atomic E-state index is 13.1. The molecule has 35 heavy (non-hydrogen) atoms. The van der Waals surface area contributed by atoms with Gasteiger partial charge >= 0.3 is 6.18 Å². The summed E-state index contributed by atoms with van der Waals surface area (Å²) >= 11 is 1.27. The first-order chi connectivity index (χ1) is 16.9. The molecule has 2 aromatic heterocycles. The Morgan fingerprint density at radius 1 is 0.886 bits per heavy atom. The van der Waals surface area contributed by atoms with E-state index < -0.39 is 11.7 Å². The first kappa shape index (κ1) is 22.9. The fraction of sp³-hybridized carbons (Fsp3) is 0.120. The van der Waals surface area contributed by atoms with E-state index in [-0.39, 0.29) is 17.9 Å². The van der Waals surface area contributed by atoms with Crippen LogP contribution in [-0.2, 0) is 18.5 Å². The van der Waals surface area contributed by atoms with Gasteiger partial charge in [-0.1, -0.05) is 60.3 Å². The molecule has 5 aromatic rings. The minimum atomic E-state index is -4.40. The van der Waals surface area contributed by atoms with Gasteiger partial charge in [-0.2, -0.15) is 13.2 Å². The van der Waals surface area contributed by atoms with Gasteiger partial charge in [-0.3, -0.25) is 13.9 Å². The third-order valence-electron chi connectivity index (χ3n) is 5.38. The normalized spacial score (nSPS) is 11.7. The lowest BCUT2D eigenvalue weighted by atomic mass is 10.1. The van der Waals surface area contributed by atoms with Crippen LogP contribution in [0.2, 0.25) is 0 Å². The zero-order valence-electron chi connectivity index (χ0n) is 18.2. The zero-order chi connectivity index (χ0) is 24.4. The Labute approximate surface area is 202 Å². The van der Waals surface area contributed by atoms with Crippen LogP contribution in [0, 0.1) is 0 Å². The van der Waals surface area contributed by atoms with Crippen molar-refractivity contribution in [2.45, 2.75) is 23.6 Å². The Morgan fingerprint density at radius 3 is 2.46 bits per heavy atom. The van der Waals surface area contributed by atoms with E-state index in [0.717, 1.165) is 17.8 Å². The van der Waals surface area contributed by atoms with E-state index in [0.29, 0.717) is 27.4 Å². The Bertz CT molecular complexity index is 1550. The highest BCUT2D eigenvalue weighted by atomic mass is 32.2. The number of para-hydroxylation sites is 2. The summed E-state index contributed by atoms with van der Waals surface area (Å²) < 4.78 is 42.5. The summed E-state index contributed by atoms with van der Waals surface area (Å²) in [5.74, 6) is 0.772. The molecule has 0 spiro atoms. The van der Waals surface area contributed by atoms with E-state index in [9.17, 15) is 18.0 Å². The van der Waals surface area contributed by atoms with Gasteiger partial charge in [0.25, 0.3) is 5.56 Å². The van der Waals surface area contributed by atoms with Crippen molar-refractivity contribution in [1.29, 1.82) is 0 Å². The summed E-state index contributed by atoms with van der Waals surface area (Å²) in [6.07, 6.45) is -2.93. The Kier molecular flexibility index (Phi) is 6.12. The number of halogens is 3. The zero-order valence-corrected chi connectivity index (χ0v) is 19.0. The first-order valence-corrected chi connectivity index (χ1v) is 11.6. The largest absolute Gasteiger partial charge is 0.416 e. The van der Waals surface area contributed by atoms with E-state index in [1.54, 1.807) is 28.8 Å². The molecule has 0 N–H and O–H groups in total. The van der Waals surface area contributed by atoms with Crippen LogP contribution >= 0.6 is 11.8 Å². The number of nitrogens with zero attached hydrogens (tertiary/aromatic N) is 5. The highest BCUT2D eigenvalue weighted by Gasteiger charge is 2.30. The molecule has 0 unspecified atom stereocenters. The Balaban J connectivity index is 1.48. The number of hydrogen-bond donors (Lipinski definition) is 0. The van der Waals surface area contributed by atoms with E-state index in [1.807, 2.05) is 36.4 Å². The van der Waals surface area contributed by atoms with Gasteiger partial charge < -0.3 is 0 Å². The fourth-order valence-electron chi connectivity index (χ4n) is 3.69. The monoisotopic (exact) mass is 493 g/mol. The molecule has 0 aliphatic heterocycles. The fourth-order valence-corrected chi connectivity index (χ4v) is 4.60. The number of thioether (sulfide) groups is 1. The number of hydrogen-bond acceptors (Lipinski definition) is 5. The van der Waals surface area contributed by atoms with Gasteiger partial charge in [0.1, 0.15) is 0 Å². The SMILES string of the molecule is O=c1c2ccccc2ncn1Cc1nnc(SCc2cccc(C(F)(F)F)c2)n1-c1ccccc1. The number of fused-ring (bicyclic) bond motifs is 1. The number of alkyl halides is 3. The molecule has 0 amide bonds. The van der Waals surface area contributed by atoms with Crippen molar-refractivity contribution in [1.82, 2.24) is 24.3 Å². The maximum Gasteiger partial charge on any atom is 0.416 e. The van der Waals surface area contributed by atoms with Gasteiger partial charge in [0.15, 0.2) is 11.0 Å². The summed E-state index contributed by atoms with van der Waals surface area (Å²) in [5.41, 5.74) is 1.01. The Morgan fingerprint density at radius 2 is 1.66 bits per heavy atom. The summed E-state index contributed by atoms with van der Waals surface area (Å²) in [7, 11) is 0. The van der Waals surface area contributed by atoms with Gasteiger partial charge in [0, 0.05) is 11.4 Å². The maximum atomic E-state index is 13.1. The average Bonchev–Trinajstić information content (AvgIpc) is 3.27. The number of rotatable bonds is 6. The van der Waals surface area contributed by atoms with E-state index in [2.05, 4.69) is 15.2 Å². The lowest BCUT2D eigenvalue weighted by Crippen LogP contribution is -2.22. The second-order valence-electron chi connectivity index (χ2n) is 7.75. The molecular formula is C25H18F3N5OS. The third-order valence-corrected chi connectivity index (χ3v) is 6.38. The summed E-state index contributed by atoms with van der Waals surface area (Å²) in [4.78, 5) is 17.3. The van der Waals surface area contributed by atoms with Crippen molar-refractivity contribution in [3.8, 4) is 5.69 Å². The standard InChI is InChI=1S/C25H18F3N5OS/c26-25(27,28)18-8-6-7-17(13-18)15-35-24-31-30-22(33(24)19-9-2-1-3-10-19)14-32-16-29-21-12-5-4-11-20(21)23(32)34/h1-13,16H,14-15H2. The molecule has 0 bridgehead atoms. The molecule has 2 heterocycles. The smallest absolute Gasteiger partial charge is 0.291 e. The minimum absolute atomic E-state index is 0.128. The van der Waals surface area contributed by atoms with Crippen molar-refractivity contribution in [2.24, 2.45) is 0 Å². The third kappa shape index (κ3) is 4.83. The minimum Gasteiger partial charge on any atom is -0.291 e. The molecule has 3 aromatic carbocycles. The lowest BCUT2D eigenvalue weighted by Gasteiger charge is -2.12. The van der Waals surface area contributed by atoms with Crippen LogP contribution in [0.3, 0.4) is 0 Å². The molecule has 0 aliphatic carbocycles. The molecule has 6 nitrogen and oxygen atoms in total. The molecule has 0 radical (unpaired) electrons. The van der Waals surface area contributed by atoms with Gasteiger partial charge in [-0.05, 0) is 35.9 Å². The van der Waals surface area contributed by atoms with Crippen molar-refractivity contribution in [2.75, 3.05) is 0 Å². The number of benzene rings is 3. The van der Waals surface area contributed by atoms with E-state index in [1.165, 1.54) is 28.7 Å². The van der Waals surface area contributed by atoms with Crippen molar-refractivity contribution in [3.63, 3.8) is 0 Å². The van der Waals surface area contributed by atoms with Gasteiger partial charge in [-0.15, -0.1) is 10.2 Å². The van der Waals surface area contributed by atoms with E-state index in [4.69, 9.17) is 0 Å². The van der Waals surface area contributed by atoms with Crippen LogP contribution < -0.4 is 5.56 Å². The van der Waals surface area contributed by atoms with Crippen molar-refractivity contribution in [3.05, 3.63) is 112 Å². The predicted molar refractivity (Wildman–Crippen MR) is 127 cm³/mol. The lowest BCUT2D eigenvalue weighted by molar-refractivity contribution is -0.137. The van der Waals surface area contributed by atoms with Crippen LogP contribution in [0.4, 0.5) is 13.2 Å². The summed E-state index contributed by atoms with van der Waals surface area (Å²) in [6, 6.07) is 21.7. The van der Waals surface area contributed by atoms with Crippen molar-refractivity contribution < 1.29 is 13.2 Å². The molecule has 5 rings (SSSR count). The van der Waals surface area contributed by atoms with Crippen LogP contribution in [-0.4, -0.2) is 24.3 Å². The molecular weight excluding hydrogens is 475 g/mol. The molecule has 0 atom stereocenters. The highest BCUT2D eigenvalue weighted by molar-refractivity contribution is 7.98. The summed E-state index contributed by atoms with van der Waals surface area (Å²) in [6.45, 7) is 0.128. The number of aromatic nitrogens is 5. The second kappa shape index (κ2) is 9.38. The van der Waals surface area contributed by atoms with Gasteiger partial charge in [0.2, 0.25) is 0 Å². The Hall–Kier alpha value is -3.92. The van der Waals surface area contributed by atoms with Gasteiger partial charge in [-0.25, -0.2) is 4.98 Å². The molecule has 176 valence electrons. The molecule has 10 heteroatoms. The van der Waals surface area contributed by atoms with E-state index >= 15 is 0 Å². The second-order valence-corrected chi connectivity index (χ2v) is 8.69. The van der Waals surface area contributed by atoms with Crippen LogP contribution in [0.5, 0.6) is 0 Å². The van der Waals surface area contributed by atoms with Crippen LogP contribution in [0.25, 0.3) is 16.6 Å².